The summed E-state index contributed by atoms with van der Waals surface area (Å²) in [6, 6.07) is 44.6. The molecule has 0 bridgehead atoms. The van der Waals surface area contributed by atoms with E-state index in [2.05, 4.69) is 80.4 Å². The van der Waals surface area contributed by atoms with E-state index in [-0.39, 0.29) is 50.2 Å². The van der Waals surface area contributed by atoms with E-state index >= 15 is 0 Å². The van der Waals surface area contributed by atoms with E-state index in [4.69, 9.17) is 156 Å². The van der Waals surface area contributed by atoms with Gasteiger partial charge in [0.15, 0.2) is 0 Å². The highest BCUT2D eigenvalue weighted by Gasteiger charge is 2.43. The third-order valence-electron chi connectivity index (χ3n) is 11.2. The predicted molar refractivity (Wildman–Crippen MR) is 358 cm³/mol. The van der Waals surface area contributed by atoms with Gasteiger partial charge in [-0.1, -0.05) is 233 Å². The lowest BCUT2D eigenvalue weighted by Gasteiger charge is -2.30. The fourth-order valence-corrected chi connectivity index (χ4v) is 21.4. The molecule has 0 aliphatic carbocycles. The van der Waals surface area contributed by atoms with E-state index in [0.717, 1.165) is 41.2 Å². The Morgan fingerprint density at radius 3 is 0.889 bits per heavy atom. The lowest BCUT2D eigenvalue weighted by Crippen LogP contribution is -2.63. The van der Waals surface area contributed by atoms with Crippen molar-refractivity contribution in [3.05, 3.63) is 193 Å². The lowest BCUT2D eigenvalue weighted by atomic mass is 10.3. The second kappa shape index (κ2) is 36.8. The average molecular weight is 1500 g/mol. The zero-order chi connectivity index (χ0) is 59.9. The van der Waals surface area contributed by atoms with Gasteiger partial charge < -0.3 is 40.1 Å². The molecule has 0 aliphatic rings. The van der Waals surface area contributed by atoms with Gasteiger partial charge in [0.1, 0.15) is 11.5 Å². The van der Waals surface area contributed by atoms with Crippen molar-refractivity contribution in [2.75, 3.05) is 53.9 Å². The molecule has 0 saturated heterocycles. The first-order chi connectivity index (χ1) is 38.8. The van der Waals surface area contributed by atoms with Crippen LogP contribution in [0.3, 0.4) is 0 Å². The van der Waals surface area contributed by atoms with Gasteiger partial charge in [-0.3, -0.25) is 0 Å². The Balaban J connectivity index is 0.000000237. The van der Waals surface area contributed by atoms with E-state index < -0.39 is 35.7 Å². The van der Waals surface area contributed by atoms with E-state index in [9.17, 15) is 0 Å². The predicted octanol–water partition coefficient (Wildman–Crippen LogP) is 16.1. The van der Waals surface area contributed by atoms with E-state index in [1.165, 1.54) is 14.2 Å². The summed E-state index contributed by atoms with van der Waals surface area (Å²) < 4.78 is 54.5. The number of ether oxygens (including phenoxy) is 1. The Labute approximate surface area is 548 Å². The molecule has 7 rings (SSSR count). The van der Waals surface area contributed by atoms with Crippen LogP contribution in [0.5, 0.6) is 11.5 Å². The smallest absolute Gasteiger partial charge is 0.407 e. The zero-order valence-corrected chi connectivity index (χ0v) is 60.3. The van der Waals surface area contributed by atoms with E-state index in [1.807, 2.05) is 126 Å². The molecule has 0 unspecified atom stereocenters. The van der Waals surface area contributed by atoms with Crippen LogP contribution in [-0.2, 0) is 35.4 Å². The van der Waals surface area contributed by atoms with Gasteiger partial charge in [0.25, 0.3) is 0 Å². The van der Waals surface area contributed by atoms with Crippen LogP contribution in [0.4, 0.5) is 0 Å². The fraction of sp³-hybridized carbons (Fsp3) is 0.250. The highest BCUT2D eigenvalue weighted by atomic mass is 79.9. The van der Waals surface area contributed by atoms with Crippen LogP contribution in [-0.4, -0.2) is 89.6 Å². The Morgan fingerprint density at radius 1 is 0.333 bits per heavy atom. The van der Waals surface area contributed by atoms with Crippen LogP contribution >= 0.6 is 148 Å². The molecule has 0 spiro atoms. The molecule has 0 aromatic heterocycles. The number of rotatable bonds is 22. The van der Waals surface area contributed by atoms with Gasteiger partial charge in [0.05, 0.1) is 50.2 Å². The van der Waals surface area contributed by atoms with Gasteiger partial charge in [-0.25, -0.2) is 0 Å². The molecule has 9 nitrogen and oxygen atoms in total. The van der Waals surface area contributed by atoms with Gasteiger partial charge in [0.2, 0.25) is 0 Å². The first kappa shape index (κ1) is 72.2. The van der Waals surface area contributed by atoms with Crippen molar-refractivity contribution in [1.29, 1.82) is 0 Å². The van der Waals surface area contributed by atoms with Crippen molar-refractivity contribution in [3.8, 4) is 11.5 Å². The first-order valence-corrected chi connectivity index (χ1v) is 37.1. The maximum Gasteiger partial charge on any atom is 0.407 e. The quantitative estimate of drug-likeness (QED) is 0.0374. The second-order valence-corrected chi connectivity index (χ2v) is 31.9. The van der Waals surface area contributed by atoms with Crippen LogP contribution in [0.2, 0.25) is 50.2 Å². The van der Waals surface area contributed by atoms with Crippen molar-refractivity contribution >= 4 is 215 Å². The standard InChI is InChI=1S/C22H23BrO3Si.C16H19BrO2Si.C10H11Cl5O2Si.C8H7Cl5O2Si/c1-3-24-27(25-4-2,21-8-6-5-7-9-21)22-16-14-20(15-17-22)26-19-12-10-18(23)11-13-19;1-3-18-20(19-4-2,15-8-6-5-7-9-15)16-12-10-14(17)11-13-16;1-3-16-18(17-4-2)10-8(14)6(12)5(11)7(13)9(10)15;1-14-16(15-2)8-6(12)4(10)3(9)5(11)7(8)13/h5-17H,3-4H2,1-2H3;5-13H,3-4H2,1-2H3;18H,3-4H2,1-2H3;16H,1-2H3. The second-order valence-electron chi connectivity index (χ2n) is 16.3. The molecule has 7 aromatic carbocycles. The third kappa shape index (κ3) is 19.4. The molecule has 7 aromatic rings. The minimum Gasteiger partial charge on any atom is -0.457 e. The maximum atomic E-state index is 6.28. The van der Waals surface area contributed by atoms with Crippen molar-refractivity contribution in [3.63, 3.8) is 0 Å². The van der Waals surface area contributed by atoms with Gasteiger partial charge in [-0.2, -0.15) is 0 Å². The van der Waals surface area contributed by atoms with E-state index in [0.29, 0.717) is 50.0 Å². The fourth-order valence-electron chi connectivity index (χ4n) is 7.77. The Kier molecular flexibility index (Phi) is 32.8. The summed E-state index contributed by atoms with van der Waals surface area (Å²) in [4.78, 5) is 0. The lowest BCUT2D eigenvalue weighted by molar-refractivity contribution is 0.208. The minimum atomic E-state index is -2.73. The number of hydrogen-bond acceptors (Lipinski definition) is 9. The Morgan fingerprint density at radius 2 is 0.593 bits per heavy atom. The summed E-state index contributed by atoms with van der Waals surface area (Å²) in [6.07, 6.45) is 0. The van der Waals surface area contributed by atoms with Crippen LogP contribution in [0.1, 0.15) is 41.5 Å². The molecule has 0 fully saturated rings. The Bertz CT molecular complexity index is 2950. The van der Waals surface area contributed by atoms with Crippen LogP contribution in [0, 0.1) is 0 Å². The molecule has 0 aliphatic heterocycles. The van der Waals surface area contributed by atoms with Crippen LogP contribution < -0.4 is 35.9 Å². The summed E-state index contributed by atoms with van der Waals surface area (Å²) in [5.74, 6) is 1.58. The van der Waals surface area contributed by atoms with Gasteiger partial charge in [0, 0.05) is 73.2 Å². The summed E-state index contributed by atoms with van der Waals surface area (Å²) >= 11 is 67.0. The van der Waals surface area contributed by atoms with Crippen molar-refractivity contribution in [2.24, 2.45) is 0 Å². The third-order valence-corrected chi connectivity index (χ3v) is 29.0. The molecule has 25 heteroatoms. The molecule has 0 heterocycles. The summed E-state index contributed by atoms with van der Waals surface area (Å²) in [7, 11) is -6.75. The molecule has 0 amide bonds. The van der Waals surface area contributed by atoms with Crippen molar-refractivity contribution < 1.29 is 40.1 Å². The number of halogens is 12. The normalized spacial score (nSPS) is 11.4. The molecule has 0 atom stereocenters. The summed E-state index contributed by atoms with van der Waals surface area (Å²) in [5.41, 5.74) is 0. The molecule has 81 heavy (non-hydrogen) atoms. The van der Waals surface area contributed by atoms with Crippen molar-refractivity contribution in [2.45, 2.75) is 41.5 Å². The van der Waals surface area contributed by atoms with Crippen molar-refractivity contribution in [1.82, 2.24) is 0 Å². The van der Waals surface area contributed by atoms with Gasteiger partial charge in [-0.05, 0) is 111 Å². The van der Waals surface area contributed by atoms with Crippen LogP contribution in [0.15, 0.2) is 142 Å². The molecular formula is C56H60Br2Cl10O9Si4. The summed E-state index contributed by atoms with van der Waals surface area (Å²) in [5, 5.41) is 7.32. The Hall–Kier alpha value is -1.25. The molecule has 438 valence electrons. The number of benzene rings is 7. The maximum absolute atomic E-state index is 6.28. The van der Waals surface area contributed by atoms with Gasteiger partial charge >= 0.3 is 35.7 Å². The monoisotopic (exact) mass is 1500 g/mol. The first-order valence-electron chi connectivity index (χ1n) is 25.1. The molecule has 0 radical (unpaired) electrons. The molecule has 0 N–H and O–H groups in total. The highest BCUT2D eigenvalue weighted by molar-refractivity contribution is 9.10. The zero-order valence-electron chi connectivity index (χ0n) is 45.3. The number of hydrogen-bond donors (Lipinski definition) is 0. The van der Waals surface area contributed by atoms with Gasteiger partial charge in [-0.15, -0.1) is 0 Å². The van der Waals surface area contributed by atoms with E-state index in [1.54, 1.807) is 0 Å². The SMILES string of the molecule is CCO[SiH](OCC)c1c(Cl)c(Cl)c(Cl)c(Cl)c1Cl.CCO[Si](OCC)(c1ccccc1)c1ccc(Br)cc1.CCO[Si](OCC)(c1ccccc1)c1ccc(Oc2ccc(Br)cc2)cc1.CO[SiH](OC)c1c(Cl)c(Cl)c(Cl)c(Cl)c1Cl. The summed E-state index contributed by atoms with van der Waals surface area (Å²) in [6.45, 7) is 15.2. The molecular weight excluding hydrogens is 1440 g/mol. The largest absolute Gasteiger partial charge is 0.457 e. The minimum absolute atomic E-state index is 0.127. The van der Waals surface area contributed by atoms with Crippen LogP contribution in [0.25, 0.3) is 0 Å². The average Bonchev–Trinajstić information content (AvgIpc) is 3.51. The topological polar surface area (TPSA) is 83.1 Å². The highest BCUT2D eigenvalue weighted by Crippen LogP contribution is 2.41. The molecule has 0 saturated carbocycles.